The monoisotopic (exact) mass is 285 g/mol. The maximum atomic E-state index is 13.1. The van der Waals surface area contributed by atoms with E-state index in [4.69, 9.17) is 0 Å². The van der Waals surface area contributed by atoms with Gasteiger partial charge in [-0.2, -0.15) is 0 Å². The van der Waals surface area contributed by atoms with E-state index in [1.807, 2.05) is 41.2 Å². The molecule has 2 aromatic carbocycles. The van der Waals surface area contributed by atoms with Gasteiger partial charge >= 0.3 is 0 Å². The van der Waals surface area contributed by atoms with Crippen LogP contribution in [0.3, 0.4) is 0 Å². The molecule has 0 bridgehead atoms. The third kappa shape index (κ3) is 2.32. The number of thioether (sulfide) groups is 1. The average molecular weight is 285 g/mol. The van der Waals surface area contributed by atoms with Crippen LogP contribution in [0.25, 0.3) is 17.1 Å². The van der Waals surface area contributed by atoms with E-state index in [2.05, 4.69) is 10.2 Å². The molecule has 0 unspecified atom stereocenters. The van der Waals surface area contributed by atoms with Crippen molar-refractivity contribution in [1.29, 1.82) is 0 Å². The van der Waals surface area contributed by atoms with E-state index in [-0.39, 0.29) is 5.82 Å². The zero-order valence-corrected chi connectivity index (χ0v) is 11.6. The standard InChI is InChI=1S/C15H12FN3S/c1-20-15-18-17-14(11-5-3-2-4-6-11)19(15)13-9-7-12(16)8-10-13/h2-10H,1H3. The fraction of sp³-hybridized carbons (Fsp3) is 0.0667. The van der Waals surface area contributed by atoms with Gasteiger partial charge in [-0.25, -0.2) is 4.39 Å². The topological polar surface area (TPSA) is 30.7 Å². The molecule has 1 aromatic heterocycles. The summed E-state index contributed by atoms with van der Waals surface area (Å²) in [6.45, 7) is 0. The first kappa shape index (κ1) is 12.9. The van der Waals surface area contributed by atoms with Crippen molar-refractivity contribution >= 4 is 11.8 Å². The molecular weight excluding hydrogens is 273 g/mol. The first-order valence-electron chi connectivity index (χ1n) is 6.10. The number of hydrogen-bond acceptors (Lipinski definition) is 3. The Bertz CT molecular complexity index is 708. The van der Waals surface area contributed by atoms with Gasteiger partial charge in [0.05, 0.1) is 0 Å². The number of benzene rings is 2. The molecule has 3 aromatic rings. The molecule has 3 rings (SSSR count). The van der Waals surface area contributed by atoms with E-state index in [9.17, 15) is 4.39 Å². The van der Waals surface area contributed by atoms with Crippen LogP contribution in [0, 0.1) is 5.82 Å². The van der Waals surface area contributed by atoms with Gasteiger partial charge in [-0.05, 0) is 30.5 Å². The van der Waals surface area contributed by atoms with E-state index >= 15 is 0 Å². The Morgan fingerprint density at radius 2 is 1.65 bits per heavy atom. The first-order chi connectivity index (χ1) is 9.79. The summed E-state index contributed by atoms with van der Waals surface area (Å²) in [6.07, 6.45) is 1.94. The molecule has 0 radical (unpaired) electrons. The van der Waals surface area contributed by atoms with E-state index in [0.717, 1.165) is 22.2 Å². The molecule has 0 aliphatic heterocycles. The lowest BCUT2D eigenvalue weighted by molar-refractivity contribution is 0.627. The molecule has 5 heteroatoms. The Morgan fingerprint density at radius 3 is 2.30 bits per heavy atom. The van der Waals surface area contributed by atoms with Crippen molar-refractivity contribution in [1.82, 2.24) is 14.8 Å². The Hall–Kier alpha value is -2.14. The van der Waals surface area contributed by atoms with Crippen LogP contribution in [0.2, 0.25) is 0 Å². The molecule has 0 aliphatic carbocycles. The predicted molar refractivity (Wildman–Crippen MR) is 78.5 cm³/mol. The van der Waals surface area contributed by atoms with Crippen LogP contribution in [0.1, 0.15) is 0 Å². The molecule has 100 valence electrons. The summed E-state index contributed by atoms with van der Waals surface area (Å²) < 4.78 is 15.0. The van der Waals surface area contributed by atoms with Crippen LogP contribution in [0.15, 0.2) is 59.8 Å². The normalized spacial score (nSPS) is 10.7. The highest BCUT2D eigenvalue weighted by atomic mass is 32.2. The molecule has 0 saturated carbocycles. The predicted octanol–water partition coefficient (Wildman–Crippen LogP) is 3.80. The SMILES string of the molecule is CSc1nnc(-c2ccccc2)n1-c1ccc(F)cc1. The van der Waals surface area contributed by atoms with Crippen LogP contribution in [0.4, 0.5) is 4.39 Å². The highest BCUT2D eigenvalue weighted by Gasteiger charge is 2.14. The second-order valence-corrected chi connectivity index (χ2v) is 4.96. The summed E-state index contributed by atoms with van der Waals surface area (Å²) in [6, 6.07) is 16.2. The molecule has 0 N–H and O–H groups in total. The Kier molecular flexibility index (Phi) is 3.52. The Morgan fingerprint density at radius 1 is 0.950 bits per heavy atom. The molecule has 0 aliphatic rings. The number of nitrogens with zero attached hydrogens (tertiary/aromatic N) is 3. The highest BCUT2D eigenvalue weighted by Crippen LogP contribution is 2.26. The second kappa shape index (κ2) is 5.46. The molecule has 20 heavy (non-hydrogen) atoms. The van der Waals surface area contributed by atoms with Crippen molar-refractivity contribution < 1.29 is 4.39 Å². The molecule has 0 saturated heterocycles. The minimum Gasteiger partial charge on any atom is -0.270 e. The summed E-state index contributed by atoms with van der Waals surface area (Å²) in [5.41, 5.74) is 1.82. The third-order valence-corrected chi connectivity index (χ3v) is 3.56. The van der Waals surface area contributed by atoms with E-state index in [0.29, 0.717) is 0 Å². The fourth-order valence-corrected chi connectivity index (χ4v) is 2.50. The van der Waals surface area contributed by atoms with Gasteiger partial charge in [-0.1, -0.05) is 42.1 Å². The van der Waals surface area contributed by atoms with E-state index in [1.165, 1.54) is 23.9 Å². The molecule has 0 fully saturated rings. The highest BCUT2D eigenvalue weighted by molar-refractivity contribution is 7.98. The van der Waals surface area contributed by atoms with Crippen LogP contribution in [-0.2, 0) is 0 Å². The zero-order chi connectivity index (χ0) is 13.9. The van der Waals surface area contributed by atoms with Gasteiger partial charge in [0.1, 0.15) is 5.82 Å². The van der Waals surface area contributed by atoms with Crippen molar-refractivity contribution in [3.05, 3.63) is 60.4 Å². The van der Waals surface area contributed by atoms with Crippen LogP contribution in [0.5, 0.6) is 0 Å². The summed E-state index contributed by atoms with van der Waals surface area (Å²) in [7, 11) is 0. The number of hydrogen-bond donors (Lipinski definition) is 0. The molecule has 0 spiro atoms. The summed E-state index contributed by atoms with van der Waals surface area (Å²) in [5, 5.41) is 9.22. The molecule has 0 atom stereocenters. The third-order valence-electron chi connectivity index (χ3n) is 2.93. The maximum Gasteiger partial charge on any atom is 0.195 e. The lowest BCUT2D eigenvalue weighted by Crippen LogP contribution is -1.99. The van der Waals surface area contributed by atoms with Crippen molar-refractivity contribution in [3.8, 4) is 17.1 Å². The lowest BCUT2D eigenvalue weighted by Gasteiger charge is -2.09. The van der Waals surface area contributed by atoms with Crippen molar-refractivity contribution in [2.75, 3.05) is 6.26 Å². The largest absolute Gasteiger partial charge is 0.270 e. The van der Waals surface area contributed by atoms with Gasteiger partial charge in [0.25, 0.3) is 0 Å². The van der Waals surface area contributed by atoms with Crippen LogP contribution in [-0.4, -0.2) is 21.0 Å². The van der Waals surface area contributed by atoms with E-state index < -0.39 is 0 Å². The molecule has 0 amide bonds. The van der Waals surface area contributed by atoms with Gasteiger partial charge in [0.2, 0.25) is 0 Å². The Labute approximate surface area is 120 Å². The quantitative estimate of drug-likeness (QED) is 0.686. The van der Waals surface area contributed by atoms with E-state index in [1.54, 1.807) is 12.1 Å². The summed E-state index contributed by atoms with van der Waals surface area (Å²) in [5.74, 6) is 0.496. The van der Waals surface area contributed by atoms with Gasteiger partial charge in [-0.3, -0.25) is 4.57 Å². The fourth-order valence-electron chi connectivity index (χ4n) is 2.00. The van der Waals surface area contributed by atoms with Crippen molar-refractivity contribution in [3.63, 3.8) is 0 Å². The molecule has 3 nitrogen and oxygen atoms in total. The van der Waals surface area contributed by atoms with Gasteiger partial charge in [0, 0.05) is 11.3 Å². The summed E-state index contributed by atoms with van der Waals surface area (Å²) >= 11 is 1.51. The second-order valence-electron chi connectivity index (χ2n) is 4.19. The van der Waals surface area contributed by atoms with Gasteiger partial charge in [-0.15, -0.1) is 10.2 Å². The average Bonchev–Trinajstić information content (AvgIpc) is 2.93. The zero-order valence-electron chi connectivity index (χ0n) is 10.8. The minimum absolute atomic E-state index is 0.256. The van der Waals surface area contributed by atoms with Gasteiger partial charge in [0.15, 0.2) is 11.0 Å². The van der Waals surface area contributed by atoms with Crippen molar-refractivity contribution in [2.45, 2.75) is 5.16 Å². The number of rotatable bonds is 3. The Balaban J connectivity index is 2.18. The maximum absolute atomic E-state index is 13.1. The first-order valence-corrected chi connectivity index (χ1v) is 7.33. The molecule has 1 heterocycles. The summed E-state index contributed by atoms with van der Waals surface area (Å²) in [4.78, 5) is 0. The van der Waals surface area contributed by atoms with Crippen molar-refractivity contribution in [2.24, 2.45) is 0 Å². The van der Waals surface area contributed by atoms with Crippen LogP contribution < -0.4 is 0 Å². The minimum atomic E-state index is -0.256. The number of halogens is 1. The van der Waals surface area contributed by atoms with Gasteiger partial charge < -0.3 is 0 Å². The lowest BCUT2D eigenvalue weighted by atomic mass is 10.2. The smallest absolute Gasteiger partial charge is 0.195 e. The van der Waals surface area contributed by atoms with Crippen LogP contribution >= 0.6 is 11.8 Å². The molecular formula is C15H12FN3S. The number of aromatic nitrogens is 3.